The van der Waals surface area contributed by atoms with Gasteiger partial charge in [0.15, 0.2) is 0 Å². The molecule has 6 nitrogen and oxygen atoms in total. The van der Waals surface area contributed by atoms with Gasteiger partial charge in [-0.05, 0) is 56.3 Å². The summed E-state index contributed by atoms with van der Waals surface area (Å²) in [6.45, 7) is 4.26. The zero-order chi connectivity index (χ0) is 18.5. The Kier molecular flexibility index (Phi) is 5.72. The predicted octanol–water partition coefficient (Wildman–Crippen LogP) is 2.73. The summed E-state index contributed by atoms with van der Waals surface area (Å²) in [6.07, 6.45) is 12.9. The smallest absolute Gasteiger partial charge is 0.236 e. The minimum atomic E-state index is 0.285. The molecule has 0 unspecified atom stereocenters. The Balaban J connectivity index is 1.46. The van der Waals surface area contributed by atoms with Gasteiger partial charge in [-0.25, -0.2) is 9.97 Å². The number of amides is 1. The number of piperidine rings is 2. The Morgan fingerprint density at radius 2 is 1.85 bits per heavy atom. The Bertz CT molecular complexity index is 760. The summed E-state index contributed by atoms with van der Waals surface area (Å²) >= 11 is 0. The van der Waals surface area contributed by atoms with Crippen molar-refractivity contribution < 1.29 is 4.79 Å². The largest absolute Gasteiger partial charge is 0.342 e. The normalized spacial score (nSPS) is 21.2. The lowest BCUT2D eigenvalue weighted by molar-refractivity contribution is -0.133. The van der Waals surface area contributed by atoms with Gasteiger partial charge < -0.3 is 4.90 Å². The number of hydrogen-bond acceptors (Lipinski definition) is 5. The summed E-state index contributed by atoms with van der Waals surface area (Å²) in [5, 5.41) is 0. The first-order valence-corrected chi connectivity index (χ1v) is 10.0. The van der Waals surface area contributed by atoms with Crippen LogP contribution in [0.1, 0.15) is 43.7 Å². The lowest BCUT2D eigenvalue weighted by atomic mass is 9.90. The third-order valence-electron chi connectivity index (χ3n) is 5.69. The highest BCUT2D eigenvalue weighted by molar-refractivity contribution is 5.78. The molecule has 0 bridgehead atoms. The topological polar surface area (TPSA) is 62.2 Å². The van der Waals surface area contributed by atoms with Gasteiger partial charge in [0.2, 0.25) is 5.91 Å². The second kappa shape index (κ2) is 8.57. The highest BCUT2D eigenvalue weighted by atomic mass is 16.2. The number of nitrogens with zero attached hydrogens (tertiary/aromatic N) is 5. The SMILES string of the molecule is O=C(CN1CCC[C@@H](c2ncncc2-c2ccncc2)C1)N1CCCCC1. The highest BCUT2D eigenvalue weighted by Crippen LogP contribution is 2.32. The fourth-order valence-electron chi connectivity index (χ4n) is 4.28. The minimum absolute atomic E-state index is 0.285. The van der Waals surface area contributed by atoms with Crippen molar-refractivity contribution in [2.75, 3.05) is 32.7 Å². The Morgan fingerprint density at radius 1 is 1.04 bits per heavy atom. The van der Waals surface area contributed by atoms with Gasteiger partial charge >= 0.3 is 0 Å². The van der Waals surface area contributed by atoms with E-state index in [4.69, 9.17) is 0 Å². The molecular weight excluding hydrogens is 338 g/mol. The maximum absolute atomic E-state index is 12.6. The molecule has 2 saturated heterocycles. The molecular formula is C21H27N5O. The van der Waals surface area contributed by atoms with Gasteiger partial charge in [-0.15, -0.1) is 0 Å². The van der Waals surface area contributed by atoms with E-state index in [0.717, 1.165) is 68.7 Å². The number of hydrogen-bond donors (Lipinski definition) is 0. The summed E-state index contributed by atoms with van der Waals surface area (Å²) in [5.41, 5.74) is 3.27. The molecule has 2 aromatic heterocycles. The van der Waals surface area contributed by atoms with Crippen molar-refractivity contribution in [2.45, 2.75) is 38.0 Å². The summed E-state index contributed by atoms with van der Waals surface area (Å²) in [4.78, 5) is 30.0. The van der Waals surface area contributed by atoms with Crippen molar-refractivity contribution in [3.05, 3.63) is 42.7 Å². The second-order valence-electron chi connectivity index (χ2n) is 7.57. The van der Waals surface area contributed by atoms with Crippen LogP contribution in [0.4, 0.5) is 0 Å². The second-order valence-corrected chi connectivity index (χ2v) is 7.57. The van der Waals surface area contributed by atoms with Gasteiger partial charge in [0.25, 0.3) is 0 Å². The predicted molar refractivity (Wildman–Crippen MR) is 104 cm³/mol. The molecule has 1 amide bonds. The maximum Gasteiger partial charge on any atom is 0.236 e. The van der Waals surface area contributed by atoms with Crippen molar-refractivity contribution in [1.29, 1.82) is 0 Å². The van der Waals surface area contributed by atoms with Gasteiger partial charge in [0, 0.05) is 49.7 Å². The number of carbonyl (C=O) groups is 1. The third-order valence-corrected chi connectivity index (χ3v) is 5.69. The van der Waals surface area contributed by atoms with Crippen LogP contribution in [0.2, 0.25) is 0 Å². The van der Waals surface area contributed by atoms with Gasteiger partial charge in [0.1, 0.15) is 6.33 Å². The molecule has 0 aromatic carbocycles. The molecule has 142 valence electrons. The molecule has 1 atom stereocenters. The van der Waals surface area contributed by atoms with E-state index in [-0.39, 0.29) is 5.91 Å². The van der Waals surface area contributed by atoms with E-state index < -0.39 is 0 Å². The van der Waals surface area contributed by atoms with Gasteiger partial charge in [0.05, 0.1) is 12.2 Å². The standard InChI is InChI=1S/C21H27N5O/c27-20(26-11-2-1-3-12-26)15-25-10-4-5-18(14-25)21-19(13-23-16-24-21)17-6-8-22-9-7-17/h6-9,13,16,18H,1-5,10-12,14-15H2/t18-/m1/s1. The quantitative estimate of drug-likeness (QED) is 0.834. The molecule has 2 aromatic rings. The van der Waals surface area contributed by atoms with Crippen molar-refractivity contribution in [3.8, 4) is 11.1 Å². The average Bonchev–Trinajstić information content (AvgIpc) is 2.75. The van der Waals surface area contributed by atoms with E-state index in [9.17, 15) is 4.79 Å². The monoisotopic (exact) mass is 365 g/mol. The zero-order valence-electron chi connectivity index (χ0n) is 15.8. The molecule has 4 rings (SSSR count). The minimum Gasteiger partial charge on any atom is -0.342 e. The summed E-state index contributed by atoms with van der Waals surface area (Å²) < 4.78 is 0. The van der Waals surface area contributed by atoms with Gasteiger partial charge in [-0.3, -0.25) is 14.7 Å². The molecule has 0 aliphatic carbocycles. The molecule has 2 aliphatic rings. The van der Waals surface area contributed by atoms with Crippen LogP contribution in [-0.4, -0.2) is 63.4 Å². The summed E-state index contributed by atoms with van der Waals surface area (Å²) in [7, 11) is 0. The van der Waals surface area contributed by atoms with Crippen molar-refractivity contribution in [3.63, 3.8) is 0 Å². The van der Waals surface area contributed by atoms with Gasteiger partial charge in [-0.1, -0.05) is 0 Å². The third kappa shape index (κ3) is 4.33. The molecule has 0 saturated carbocycles. The van der Waals surface area contributed by atoms with Gasteiger partial charge in [-0.2, -0.15) is 0 Å². The fourth-order valence-corrected chi connectivity index (χ4v) is 4.28. The van der Waals surface area contributed by atoms with Crippen LogP contribution in [0.15, 0.2) is 37.1 Å². The Labute approximate surface area is 160 Å². The number of pyridine rings is 1. The summed E-state index contributed by atoms with van der Waals surface area (Å²) in [6, 6.07) is 4.01. The van der Waals surface area contributed by atoms with Crippen LogP contribution in [0.3, 0.4) is 0 Å². The Hall–Kier alpha value is -2.34. The van der Waals surface area contributed by atoms with Crippen molar-refractivity contribution in [1.82, 2.24) is 24.8 Å². The van der Waals surface area contributed by atoms with E-state index >= 15 is 0 Å². The van der Waals surface area contributed by atoms with E-state index in [1.165, 1.54) is 6.42 Å². The first kappa shape index (κ1) is 18.0. The number of rotatable bonds is 4. The van der Waals surface area contributed by atoms with Crippen LogP contribution < -0.4 is 0 Å². The zero-order valence-corrected chi connectivity index (χ0v) is 15.8. The first-order valence-electron chi connectivity index (χ1n) is 10.0. The molecule has 0 N–H and O–H groups in total. The van der Waals surface area contributed by atoms with E-state index in [0.29, 0.717) is 12.5 Å². The van der Waals surface area contributed by atoms with Crippen LogP contribution in [-0.2, 0) is 4.79 Å². The number of likely N-dealkylation sites (tertiary alicyclic amines) is 2. The maximum atomic E-state index is 12.6. The van der Waals surface area contributed by atoms with Crippen LogP contribution in [0.25, 0.3) is 11.1 Å². The molecule has 0 spiro atoms. The molecule has 2 aliphatic heterocycles. The lowest BCUT2D eigenvalue weighted by Gasteiger charge is -2.35. The van der Waals surface area contributed by atoms with Crippen LogP contribution in [0, 0.1) is 0 Å². The van der Waals surface area contributed by atoms with E-state index in [1.54, 1.807) is 18.7 Å². The fraction of sp³-hybridized carbons (Fsp3) is 0.524. The highest BCUT2D eigenvalue weighted by Gasteiger charge is 2.27. The van der Waals surface area contributed by atoms with Crippen molar-refractivity contribution in [2.24, 2.45) is 0 Å². The molecule has 2 fully saturated rings. The lowest BCUT2D eigenvalue weighted by Crippen LogP contribution is -2.45. The Morgan fingerprint density at radius 3 is 2.67 bits per heavy atom. The van der Waals surface area contributed by atoms with Crippen LogP contribution >= 0.6 is 0 Å². The van der Waals surface area contributed by atoms with Crippen molar-refractivity contribution >= 4 is 5.91 Å². The molecule has 0 radical (unpaired) electrons. The molecule has 4 heterocycles. The number of aromatic nitrogens is 3. The first-order chi connectivity index (χ1) is 13.3. The van der Waals surface area contributed by atoms with E-state index in [1.807, 2.05) is 23.2 Å². The molecule has 6 heteroatoms. The van der Waals surface area contributed by atoms with Crippen LogP contribution in [0.5, 0.6) is 0 Å². The average molecular weight is 365 g/mol. The summed E-state index contributed by atoms with van der Waals surface area (Å²) in [5.74, 6) is 0.617. The molecule has 27 heavy (non-hydrogen) atoms. The number of carbonyl (C=O) groups excluding carboxylic acids is 1. The van der Waals surface area contributed by atoms with E-state index in [2.05, 4.69) is 19.9 Å².